The molecule has 3 aromatic rings. The number of para-hydroxylation sites is 2. The summed E-state index contributed by atoms with van der Waals surface area (Å²) in [6, 6.07) is 16.6. The molecule has 1 saturated carbocycles. The molecule has 5 rings (SSSR count). The van der Waals surface area contributed by atoms with Crippen molar-refractivity contribution in [2.45, 2.75) is 33.9 Å². The molecule has 0 saturated heterocycles. The minimum absolute atomic E-state index is 0.0336. The van der Waals surface area contributed by atoms with Crippen LogP contribution in [-0.4, -0.2) is 21.5 Å². The number of carbonyl (C=O) groups is 1. The van der Waals surface area contributed by atoms with Crippen LogP contribution in [0.25, 0.3) is 0 Å². The summed E-state index contributed by atoms with van der Waals surface area (Å²) >= 11 is 21.2. The fourth-order valence-corrected chi connectivity index (χ4v) is 7.72. The number of nitrogens with one attached hydrogen (secondary N) is 1. The fourth-order valence-electron chi connectivity index (χ4n) is 5.25. The van der Waals surface area contributed by atoms with Crippen molar-refractivity contribution in [1.82, 2.24) is 0 Å². The Labute approximate surface area is 220 Å². The lowest BCUT2D eigenvalue weighted by molar-refractivity contribution is -0.387. The molecule has 5 atom stereocenters. The third-order valence-electron chi connectivity index (χ3n) is 6.71. The number of carboxylic acid groups (broad SMARTS) is 1. The summed E-state index contributed by atoms with van der Waals surface area (Å²) in [6.07, 6.45) is 0.640. The van der Waals surface area contributed by atoms with Crippen molar-refractivity contribution in [2.75, 3.05) is 5.32 Å². The highest BCUT2D eigenvalue weighted by molar-refractivity contribution is 8.00. The first-order chi connectivity index (χ1) is 16.8. The molecule has 0 spiro atoms. The molecule has 0 bridgehead atoms. The predicted molar refractivity (Wildman–Crippen MR) is 137 cm³/mol. The molecule has 180 valence electrons. The SMILES string of the molecule is O=C([O-])c1cccc2c1N[C@H](c1ccc(Cl)cc1Cl)[C@H]1C[C@@H](Sc3ccccc3[N+](=O)[O-])[C@@H](Cl)[C@@H]21. The summed E-state index contributed by atoms with van der Waals surface area (Å²) in [7, 11) is 0. The van der Waals surface area contributed by atoms with Gasteiger partial charge in [-0.25, -0.2) is 0 Å². The number of alkyl halides is 1. The molecule has 0 amide bonds. The van der Waals surface area contributed by atoms with Crippen LogP contribution < -0.4 is 10.4 Å². The molecule has 2 aliphatic rings. The van der Waals surface area contributed by atoms with Crippen LogP contribution in [0, 0.1) is 16.0 Å². The normalized spacial score (nSPS) is 24.8. The van der Waals surface area contributed by atoms with Crippen molar-refractivity contribution in [1.29, 1.82) is 0 Å². The van der Waals surface area contributed by atoms with Gasteiger partial charge in [0.2, 0.25) is 0 Å². The summed E-state index contributed by atoms with van der Waals surface area (Å²) in [6.45, 7) is 0. The smallest absolute Gasteiger partial charge is 0.282 e. The zero-order valence-electron chi connectivity index (χ0n) is 18.0. The molecule has 10 heteroatoms. The second-order valence-electron chi connectivity index (χ2n) is 8.60. The molecular weight excluding hydrogens is 531 g/mol. The number of benzene rings is 3. The maximum Gasteiger partial charge on any atom is 0.282 e. The highest BCUT2D eigenvalue weighted by Gasteiger charge is 2.51. The predicted octanol–water partition coefficient (Wildman–Crippen LogP) is 6.30. The van der Waals surface area contributed by atoms with E-state index in [1.807, 2.05) is 12.1 Å². The fraction of sp³-hybridized carbons (Fsp3) is 0.240. The minimum Gasteiger partial charge on any atom is -0.545 e. The number of rotatable bonds is 5. The molecular formula is C25H18Cl3N2O4S-. The first-order valence-electron chi connectivity index (χ1n) is 10.9. The molecule has 35 heavy (non-hydrogen) atoms. The molecule has 3 aromatic carbocycles. The lowest BCUT2D eigenvalue weighted by Gasteiger charge is -2.39. The Balaban J connectivity index is 1.60. The quantitative estimate of drug-likeness (QED) is 0.228. The average molecular weight is 549 g/mol. The molecule has 1 heterocycles. The highest BCUT2D eigenvalue weighted by atomic mass is 35.5. The Kier molecular flexibility index (Phi) is 6.61. The van der Waals surface area contributed by atoms with E-state index in [0.717, 1.165) is 11.1 Å². The van der Waals surface area contributed by atoms with Crippen LogP contribution in [-0.2, 0) is 0 Å². The van der Waals surface area contributed by atoms with Crippen LogP contribution in [0.2, 0.25) is 10.0 Å². The van der Waals surface area contributed by atoms with Crippen LogP contribution in [0.1, 0.15) is 39.9 Å². The van der Waals surface area contributed by atoms with Crippen molar-refractivity contribution >= 4 is 63.9 Å². The monoisotopic (exact) mass is 547 g/mol. The van der Waals surface area contributed by atoms with Crippen molar-refractivity contribution in [2.24, 2.45) is 5.92 Å². The van der Waals surface area contributed by atoms with Gasteiger partial charge in [0, 0.05) is 38.5 Å². The second kappa shape index (κ2) is 9.54. The van der Waals surface area contributed by atoms with Gasteiger partial charge in [-0.1, -0.05) is 59.6 Å². The largest absolute Gasteiger partial charge is 0.545 e. The molecule has 1 aliphatic heterocycles. The number of anilines is 1. The van der Waals surface area contributed by atoms with Crippen molar-refractivity contribution in [3.05, 3.63) is 97.5 Å². The number of carbonyl (C=O) groups excluding carboxylic acids is 1. The van der Waals surface area contributed by atoms with E-state index in [1.54, 1.807) is 36.4 Å². The van der Waals surface area contributed by atoms with Crippen LogP contribution in [0.5, 0.6) is 0 Å². The Morgan fingerprint density at radius 2 is 1.83 bits per heavy atom. The van der Waals surface area contributed by atoms with Gasteiger partial charge >= 0.3 is 0 Å². The number of fused-ring (bicyclic) bond motifs is 3. The van der Waals surface area contributed by atoms with Gasteiger partial charge in [0.25, 0.3) is 5.69 Å². The van der Waals surface area contributed by atoms with E-state index in [4.69, 9.17) is 34.8 Å². The molecule has 0 radical (unpaired) electrons. The standard InChI is InChI=1S/C25H19Cl3N2O4S/c26-12-8-9-13(17(27)10-12)23-16-11-20(35-19-7-2-1-6-18(19)30(33)34)22(28)21(16)14-4-3-5-15(25(31)32)24(14)29-23/h1-10,16,20-23,29H,11H2,(H,31,32)/p-1/t16-,20+,21-,22+,23+/m0/s1. The van der Waals surface area contributed by atoms with Gasteiger partial charge in [-0.15, -0.1) is 23.4 Å². The lowest BCUT2D eigenvalue weighted by atomic mass is 9.76. The van der Waals surface area contributed by atoms with E-state index < -0.39 is 16.3 Å². The van der Waals surface area contributed by atoms with Crippen LogP contribution >= 0.6 is 46.6 Å². The maximum atomic E-state index is 11.9. The van der Waals surface area contributed by atoms with Gasteiger partial charge < -0.3 is 15.2 Å². The molecule has 1 fully saturated rings. The Morgan fingerprint density at radius 1 is 1.06 bits per heavy atom. The number of thioether (sulfide) groups is 1. The summed E-state index contributed by atoms with van der Waals surface area (Å²) < 4.78 is 0. The van der Waals surface area contributed by atoms with E-state index in [-0.39, 0.29) is 34.4 Å². The topological polar surface area (TPSA) is 95.3 Å². The third-order valence-corrected chi connectivity index (χ3v) is 9.38. The Morgan fingerprint density at radius 3 is 2.54 bits per heavy atom. The van der Waals surface area contributed by atoms with Crippen molar-refractivity contribution in [3.8, 4) is 0 Å². The number of hydrogen-bond acceptors (Lipinski definition) is 6. The van der Waals surface area contributed by atoms with Crippen molar-refractivity contribution in [3.63, 3.8) is 0 Å². The van der Waals surface area contributed by atoms with E-state index in [0.29, 0.717) is 27.0 Å². The zero-order chi connectivity index (χ0) is 24.9. The van der Waals surface area contributed by atoms with Crippen LogP contribution in [0.4, 0.5) is 11.4 Å². The summed E-state index contributed by atoms with van der Waals surface area (Å²) in [5.74, 6) is -1.53. The summed E-state index contributed by atoms with van der Waals surface area (Å²) in [4.78, 5) is 23.6. The number of hydrogen-bond donors (Lipinski definition) is 1. The number of nitro groups is 1. The molecule has 1 N–H and O–H groups in total. The van der Waals surface area contributed by atoms with E-state index in [1.165, 1.54) is 23.9 Å². The van der Waals surface area contributed by atoms with Crippen molar-refractivity contribution < 1.29 is 14.8 Å². The highest BCUT2D eigenvalue weighted by Crippen LogP contribution is 2.59. The number of halogens is 3. The number of aromatic carboxylic acids is 1. The van der Waals surface area contributed by atoms with Gasteiger partial charge in [-0.2, -0.15) is 0 Å². The lowest BCUT2D eigenvalue weighted by Crippen LogP contribution is -2.34. The molecule has 0 aromatic heterocycles. The number of nitro benzene ring substituents is 1. The van der Waals surface area contributed by atoms with Crippen LogP contribution in [0.15, 0.2) is 65.6 Å². The molecule has 6 nitrogen and oxygen atoms in total. The number of carboxylic acids is 1. The van der Waals surface area contributed by atoms with Gasteiger partial charge in [0.15, 0.2) is 0 Å². The zero-order valence-corrected chi connectivity index (χ0v) is 21.1. The molecule has 0 unspecified atom stereocenters. The maximum absolute atomic E-state index is 11.9. The first kappa shape index (κ1) is 24.3. The third kappa shape index (κ3) is 4.35. The average Bonchev–Trinajstić information content (AvgIpc) is 3.14. The Hall–Kier alpha value is -2.45. The minimum atomic E-state index is -1.29. The van der Waals surface area contributed by atoms with Gasteiger partial charge in [-0.3, -0.25) is 10.1 Å². The van der Waals surface area contributed by atoms with Gasteiger partial charge in [0.05, 0.1) is 27.2 Å². The number of nitrogens with zero attached hydrogens (tertiary/aromatic N) is 1. The summed E-state index contributed by atoms with van der Waals surface area (Å²) in [5, 5.41) is 27.3. The van der Waals surface area contributed by atoms with Gasteiger partial charge in [0.1, 0.15) is 0 Å². The van der Waals surface area contributed by atoms with Crippen LogP contribution in [0.3, 0.4) is 0 Å². The van der Waals surface area contributed by atoms with E-state index in [9.17, 15) is 20.0 Å². The second-order valence-corrected chi connectivity index (χ2v) is 11.2. The Bertz CT molecular complexity index is 1340. The van der Waals surface area contributed by atoms with E-state index >= 15 is 0 Å². The van der Waals surface area contributed by atoms with Gasteiger partial charge in [-0.05, 0) is 41.7 Å². The first-order valence-corrected chi connectivity index (χ1v) is 12.9. The molecule has 1 aliphatic carbocycles. The summed E-state index contributed by atoms with van der Waals surface area (Å²) in [5.41, 5.74) is 2.13. The van der Waals surface area contributed by atoms with E-state index in [2.05, 4.69) is 5.32 Å².